The third-order valence-electron chi connectivity index (χ3n) is 5.00. The molecule has 0 aliphatic carbocycles. The number of alkyl halides is 3. The Morgan fingerprint density at radius 2 is 2.06 bits per heavy atom. The summed E-state index contributed by atoms with van der Waals surface area (Å²) >= 11 is 0. The van der Waals surface area contributed by atoms with Crippen LogP contribution in [0.4, 0.5) is 13.2 Å². The molecule has 11 heteroatoms. The molecule has 2 fully saturated rings. The van der Waals surface area contributed by atoms with Crippen molar-refractivity contribution in [3.63, 3.8) is 0 Å². The summed E-state index contributed by atoms with van der Waals surface area (Å²) in [4.78, 5) is 27.5. The summed E-state index contributed by atoms with van der Waals surface area (Å²) < 4.78 is 49.0. The van der Waals surface area contributed by atoms with E-state index in [1.807, 2.05) is 36.1 Å². The van der Waals surface area contributed by atoms with Crippen LogP contribution < -0.4 is 4.74 Å². The minimum absolute atomic E-state index is 0.0275. The number of ether oxygens (including phenoxy) is 2. The Labute approximate surface area is 175 Å². The van der Waals surface area contributed by atoms with Gasteiger partial charge in [-0.25, -0.2) is 9.78 Å². The molecule has 0 bridgehead atoms. The fourth-order valence-electron chi connectivity index (χ4n) is 3.50. The Kier molecular flexibility index (Phi) is 6.54. The summed E-state index contributed by atoms with van der Waals surface area (Å²) in [5.74, 6) is -1.79. The van der Waals surface area contributed by atoms with Gasteiger partial charge in [0.15, 0.2) is 5.76 Å². The number of rotatable bonds is 3. The molecule has 1 N–H and O–H groups in total. The van der Waals surface area contributed by atoms with Gasteiger partial charge in [0.1, 0.15) is 6.10 Å². The second-order valence-corrected chi connectivity index (χ2v) is 7.32. The summed E-state index contributed by atoms with van der Waals surface area (Å²) in [5, 5.41) is 7.12. The zero-order chi connectivity index (χ0) is 22.6. The van der Waals surface area contributed by atoms with Crippen LogP contribution in [0.3, 0.4) is 0 Å². The highest BCUT2D eigenvalue weighted by Gasteiger charge is 2.48. The number of aryl methyl sites for hydroxylation is 1. The Bertz CT molecular complexity index is 917. The van der Waals surface area contributed by atoms with Crippen molar-refractivity contribution in [2.45, 2.75) is 37.6 Å². The van der Waals surface area contributed by atoms with E-state index < -0.39 is 12.1 Å². The van der Waals surface area contributed by atoms with Gasteiger partial charge in [-0.2, -0.15) is 13.2 Å². The molecule has 2 aliphatic rings. The maximum atomic E-state index is 12.6. The first-order valence-electron chi connectivity index (χ1n) is 9.45. The largest absolute Gasteiger partial charge is 0.490 e. The van der Waals surface area contributed by atoms with Crippen LogP contribution in [0.15, 0.2) is 41.1 Å². The number of aliphatic carboxylic acids is 1. The smallest absolute Gasteiger partial charge is 0.475 e. The van der Waals surface area contributed by atoms with E-state index in [1.165, 1.54) is 0 Å². The predicted molar refractivity (Wildman–Crippen MR) is 99.6 cm³/mol. The number of pyridine rings is 1. The zero-order valence-electron chi connectivity index (χ0n) is 16.6. The van der Waals surface area contributed by atoms with Gasteiger partial charge in [-0.15, -0.1) is 0 Å². The number of amides is 1. The predicted octanol–water partition coefficient (Wildman–Crippen LogP) is 3.07. The number of likely N-dealkylation sites (tertiary alicyclic amines) is 1. The third kappa shape index (κ3) is 5.54. The van der Waals surface area contributed by atoms with Gasteiger partial charge in [0.05, 0.1) is 25.0 Å². The quantitative estimate of drug-likeness (QED) is 0.780. The minimum atomic E-state index is -5.08. The molecule has 2 saturated heterocycles. The number of furan rings is 1. The zero-order valence-corrected chi connectivity index (χ0v) is 16.6. The number of halogens is 3. The van der Waals surface area contributed by atoms with Gasteiger partial charge < -0.3 is 23.9 Å². The van der Waals surface area contributed by atoms with Gasteiger partial charge in [0.25, 0.3) is 5.91 Å². The first kappa shape index (κ1) is 22.6. The molecular formula is C20H21F3N2O6. The number of aromatic nitrogens is 1. The lowest BCUT2D eigenvalue weighted by atomic mass is 9.98. The van der Waals surface area contributed by atoms with Gasteiger partial charge >= 0.3 is 12.1 Å². The lowest BCUT2D eigenvalue weighted by molar-refractivity contribution is -0.192. The van der Waals surface area contributed by atoms with E-state index in [-0.39, 0.29) is 17.6 Å². The van der Waals surface area contributed by atoms with Gasteiger partial charge in [-0.3, -0.25) is 4.79 Å². The standard InChI is InChI=1S/C18H20N2O4.C2HF3O2/c1-13-5-9-22-16(13)17(21)20-8-6-18(12-20)10-14(11-23-18)24-15-4-2-3-7-19-15;3-2(4,5)1(6)7/h2-5,7,9,14H,6,8,10-12H2,1H3;(H,6,7)/t14-,18+;/m1./s1. The molecule has 4 heterocycles. The number of hydrogen-bond donors (Lipinski definition) is 1. The van der Waals surface area contributed by atoms with Gasteiger partial charge in [0, 0.05) is 30.8 Å². The molecule has 0 radical (unpaired) electrons. The van der Waals surface area contributed by atoms with E-state index in [2.05, 4.69) is 4.98 Å². The molecule has 8 nitrogen and oxygen atoms in total. The lowest BCUT2D eigenvalue weighted by Crippen LogP contribution is -2.36. The number of carbonyl (C=O) groups excluding carboxylic acids is 1. The van der Waals surface area contributed by atoms with E-state index in [4.69, 9.17) is 23.8 Å². The van der Waals surface area contributed by atoms with Crippen molar-refractivity contribution in [2.24, 2.45) is 0 Å². The van der Waals surface area contributed by atoms with Crippen LogP contribution >= 0.6 is 0 Å². The van der Waals surface area contributed by atoms with Crippen molar-refractivity contribution in [1.82, 2.24) is 9.88 Å². The number of carboxylic acid groups (broad SMARTS) is 1. The number of hydrogen-bond acceptors (Lipinski definition) is 6. The molecule has 1 spiro atoms. The van der Waals surface area contributed by atoms with Gasteiger partial charge in [-0.05, 0) is 25.5 Å². The average molecular weight is 442 g/mol. The highest BCUT2D eigenvalue weighted by molar-refractivity contribution is 5.93. The van der Waals surface area contributed by atoms with Crippen LogP contribution in [0.1, 0.15) is 29.0 Å². The molecule has 0 aromatic carbocycles. The summed E-state index contributed by atoms with van der Waals surface area (Å²) in [5.41, 5.74) is 0.556. The van der Waals surface area contributed by atoms with Crippen molar-refractivity contribution in [1.29, 1.82) is 0 Å². The van der Waals surface area contributed by atoms with Crippen molar-refractivity contribution < 1.29 is 41.8 Å². The Balaban J connectivity index is 0.000000339. The number of carbonyl (C=O) groups is 2. The topological polar surface area (TPSA) is 102 Å². The van der Waals surface area contributed by atoms with Crippen LogP contribution in [0.25, 0.3) is 0 Å². The summed E-state index contributed by atoms with van der Waals surface area (Å²) in [6.45, 7) is 3.66. The fourth-order valence-corrected chi connectivity index (χ4v) is 3.50. The van der Waals surface area contributed by atoms with Gasteiger partial charge in [-0.1, -0.05) is 6.07 Å². The summed E-state index contributed by atoms with van der Waals surface area (Å²) in [7, 11) is 0. The second kappa shape index (κ2) is 8.96. The first-order valence-corrected chi connectivity index (χ1v) is 9.45. The molecule has 2 atom stereocenters. The fraction of sp³-hybridized carbons (Fsp3) is 0.450. The average Bonchev–Trinajstić information content (AvgIpc) is 3.43. The highest BCUT2D eigenvalue weighted by atomic mass is 19.4. The first-order chi connectivity index (χ1) is 14.6. The van der Waals surface area contributed by atoms with E-state index in [9.17, 15) is 18.0 Å². The molecule has 1 amide bonds. The SMILES string of the molecule is Cc1ccoc1C(=O)N1CC[C@]2(C[C@@H](Oc3ccccn3)CO2)C1.O=C(O)C(F)(F)F. The molecule has 2 aliphatic heterocycles. The van der Waals surface area contributed by atoms with Crippen LogP contribution in [0, 0.1) is 6.92 Å². The van der Waals surface area contributed by atoms with E-state index in [0.717, 1.165) is 18.4 Å². The molecule has 168 valence electrons. The van der Waals surface area contributed by atoms with E-state index >= 15 is 0 Å². The molecule has 0 unspecified atom stereocenters. The molecule has 2 aromatic heterocycles. The third-order valence-corrected chi connectivity index (χ3v) is 5.00. The van der Waals surface area contributed by atoms with Crippen molar-refractivity contribution in [3.05, 3.63) is 48.0 Å². The number of nitrogens with zero attached hydrogens (tertiary/aromatic N) is 2. The lowest BCUT2D eigenvalue weighted by Gasteiger charge is -2.23. The Morgan fingerprint density at radius 1 is 1.32 bits per heavy atom. The van der Waals surface area contributed by atoms with Crippen molar-refractivity contribution in [2.75, 3.05) is 19.7 Å². The minimum Gasteiger partial charge on any atom is -0.475 e. The molecule has 2 aromatic rings. The highest BCUT2D eigenvalue weighted by Crippen LogP contribution is 2.37. The van der Waals surface area contributed by atoms with E-state index in [1.54, 1.807) is 12.5 Å². The van der Waals surface area contributed by atoms with Crippen LogP contribution in [-0.4, -0.2) is 64.4 Å². The summed E-state index contributed by atoms with van der Waals surface area (Å²) in [6.07, 6.45) is -0.259. The van der Waals surface area contributed by atoms with Crippen LogP contribution in [0.2, 0.25) is 0 Å². The Morgan fingerprint density at radius 3 is 2.65 bits per heavy atom. The molecular weight excluding hydrogens is 421 g/mol. The number of carboxylic acids is 1. The molecule has 4 rings (SSSR count). The second-order valence-electron chi connectivity index (χ2n) is 7.32. The van der Waals surface area contributed by atoms with Crippen LogP contribution in [-0.2, 0) is 9.53 Å². The van der Waals surface area contributed by atoms with Crippen molar-refractivity contribution in [3.8, 4) is 5.88 Å². The normalized spacial score (nSPS) is 22.8. The maximum Gasteiger partial charge on any atom is 0.490 e. The maximum absolute atomic E-state index is 12.6. The van der Waals surface area contributed by atoms with E-state index in [0.29, 0.717) is 31.3 Å². The van der Waals surface area contributed by atoms with Gasteiger partial charge in [0.2, 0.25) is 5.88 Å². The molecule has 31 heavy (non-hydrogen) atoms. The van der Waals surface area contributed by atoms with Crippen molar-refractivity contribution >= 4 is 11.9 Å². The Hall–Kier alpha value is -3.08. The molecule has 0 saturated carbocycles. The monoisotopic (exact) mass is 442 g/mol. The van der Waals surface area contributed by atoms with Crippen LogP contribution in [0.5, 0.6) is 5.88 Å². The summed E-state index contributed by atoms with van der Waals surface area (Å²) in [6, 6.07) is 7.41.